The van der Waals surface area contributed by atoms with Crippen LogP contribution in [0.25, 0.3) is 0 Å². The first-order valence-electron chi connectivity index (χ1n) is 6.90. The van der Waals surface area contributed by atoms with Crippen LogP contribution >= 0.6 is 11.6 Å². The van der Waals surface area contributed by atoms with Gasteiger partial charge in [-0.1, -0.05) is 30.5 Å². The highest BCUT2D eigenvalue weighted by molar-refractivity contribution is 6.32. The molecule has 1 aliphatic rings. The molecule has 1 fully saturated rings. The first kappa shape index (κ1) is 14.6. The topological polar surface area (TPSA) is 30.5 Å². The largest absolute Gasteiger partial charge is 0.492 e. The Morgan fingerprint density at radius 3 is 2.84 bits per heavy atom. The van der Waals surface area contributed by atoms with Crippen molar-refractivity contribution < 1.29 is 9.47 Å². The summed E-state index contributed by atoms with van der Waals surface area (Å²) in [6.45, 7) is 3.13. The summed E-state index contributed by atoms with van der Waals surface area (Å²) in [6, 6.07) is 5.98. The van der Waals surface area contributed by atoms with Gasteiger partial charge in [0.15, 0.2) is 0 Å². The van der Waals surface area contributed by atoms with Gasteiger partial charge in [-0.3, -0.25) is 0 Å². The van der Waals surface area contributed by atoms with Crippen LogP contribution in [0.15, 0.2) is 18.2 Å². The molecule has 1 aromatic carbocycles. The Bertz CT molecular complexity index is 394. The molecule has 4 heteroatoms. The second kappa shape index (κ2) is 7.73. The first-order valence-corrected chi connectivity index (χ1v) is 7.28. The van der Waals surface area contributed by atoms with Gasteiger partial charge in [-0.2, -0.15) is 0 Å². The lowest BCUT2D eigenvalue weighted by molar-refractivity contribution is 0.199. The number of halogens is 1. The van der Waals surface area contributed by atoms with E-state index in [9.17, 15) is 0 Å². The van der Waals surface area contributed by atoms with Gasteiger partial charge in [0, 0.05) is 20.2 Å². The molecule has 0 atom stereocenters. The maximum Gasteiger partial charge on any atom is 0.137 e. The summed E-state index contributed by atoms with van der Waals surface area (Å²) < 4.78 is 10.7. The number of nitrogens with one attached hydrogen (secondary N) is 1. The van der Waals surface area contributed by atoms with Crippen LogP contribution in [0.5, 0.6) is 5.75 Å². The minimum atomic E-state index is 0.696. The van der Waals surface area contributed by atoms with Crippen LogP contribution in [0.3, 0.4) is 0 Å². The van der Waals surface area contributed by atoms with Crippen molar-refractivity contribution in [3.63, 3.8) is 0 Å². The van der Waals surface area contributed by atoms with Gasteiger partial charge in [0.2, 0.25) is 0 Å². The van der Waals surface area contributed by atoms with Gasteiger partial charge in [-0.25, -0.2) is 0 Å². The lowest BCUT2D eigenvalue weighted by atomic mass is 10.2. The second-order valence-corrected chi connectivity index (χ2v) is 5.42. The average Bonchev–Trinajstić information content (AvgIpc) is 3.21. The number of benzene rings is 1. The van der Waals surface area contributed by atoms with E-state index in [-0.39, 0.29) is 0 Å². The van der Waals surface area contributed by atoms with Crippen molar-refractivity contribution in [3.8, 4) is 5.75 Å². The lowest BCUT2D eigenvalue weighted by Gasteiger charge is -2.10. The highest BCUT2D eigenvalue weighted by atomic mass is 35.5. The predicted octanol–water partition coefficient (Wildman–Crippen LogP) is 3.25. The van der Waals surface area contributed by atoms with Gasteiger partial charge >= 0.3 is 0 Å². The molecular weight excluding hydrogens is 262 g/mol. The zero-order valence-electron chi connectivity index (χ0n) is 11.5. The minimum Gasteiger partial charge on any atom is -0.492 e. The van der Waals surface area contributed by atoms with E-state index in [1.54, 1.807) is 7.11 Å². The zero-order chi connectivity index (χ0) is 13.5. The van der Waals surface area contributed by atoms with Crippen molar-refractivity contribution in [3.05, 3.63) is 28.8 Å². The third-order valence-electron chi connectivity index (χ3n) is 3.29. The molecule has 0 saturated heterocycles. The van der Waals surface area contributed by atoms with Crippen LogP contribution in [0.2, 0.25) is 5.02 Å². The lowest BCUT2D eigenvalue weighted by Crippen LogP contribution is -2.18. The molecule has 0 spiro atoms. The van der Waals surface area contributed by atoms with Crippen molar-refractivity contribution in [2.24, 2.45) is 5.92 Å². The van der Waals surface area contributed by atoms with E-state index >= 15 is 0 Å². The monoisotopic (exact) mass is 283 g/mol. The molecular formula is C15H22ClNO2. The van der Waals surface area contributed by atoms with E-state index in [0.29, 0.717) is 5.02 Å². The van der Waals surface area contributed by atoms with Crippen molar-refractivity contribution in [2.45, 2.75) is 25.8 Å². The van der Waals surface area contributed by atoms with Gasteiger partial charge in [0.1, 0.15) is 5.75 Å². The summed E-state index contributed by atoms with van der Waals surface area (Å²) in [5.41, 5.74) is 1.16. The quantitative estimate of drug-likeness (QED) is 0.706. The summed E-state index contributed by atoms with van der Waals surface area (Å²) in [4.78, 5) is 0. The third kappa shape index (κ3) is 5.39. The molecule has 3 nitrogen and oxygen atoms in total. The number of rotatable bonds is 9. The Labute approximate surface area is 120 Å². The van der Waals surface area contributed by atoms with E-state index in [1.807, 2.05) is 12.1 Å². The normalized spacial score (nSPS) is 14.6. The van der Waals surface area contributed by atoms with Crippen molar-refractivity contribution in [2.75, 3.05) is 26.9 Å². The van der Waals surface area contributed by atoms with E-state index < -0.39 is 0 Å². The molecule has 1 aromatic rings. The summed E-state index contributed by atoms with van der Waals surface area (Å²) in [7, 11) is 1.70. The van der Waals surface area contributed by atoms with E-state index in [4.69, 9.17) is 21.1 Å². The molecule has 0 bridgehead atoms. The molecule has 2 rings (SSSR count). The summed E-state index contributed by atoms with van der Waals surface area (Å²) in [6.07, 6.45) is 3.88. The fourth-order valence-electron chi connectivity index (χ4n) is 1.92. The standard InChI is InChI=1S/C15H22ClNO2/c1-18-9-7-17-11-13-4-5-15(14(16)10-13)19-8-6-12-2-3-12/h4-5,10,12,17H,2-3,6-9,11H2,1H3. The molecule has 0 aromatic heterocycles. The summed E-state index contributed by atoms with van der Waals surface area (Å²) in [5.74, 6) is 1.69. The van der Waals surface area contributed by atoms with Crippen molar-refractivity contribution in [1.29, 1.82) is 0 Å². The molecule has 0 radical (unpaired) electrons. The fraction of sp³-hybridized carbons (Fsp3) is 0.600. The fourth-order valence-corrected chi connectivity index (χ4v) is 2.18. The van der Waals surface area contributed by atoms with Gasteiger partial charge in [0.05, 0.1) is 18.2 Å². The van der Waals surface area contributed by atoms with Crippen LogP contribution in [-0.4, -0.2) is 26.9 Å². The van der Waals surface area contributed by atoms with Crippen LogP contribution in [-0.2, 0) is 11.3 Å². The highest BCUT2D eigenvalue weighted by Crippen LogP contribution is 2.33. The van der Waals surface area contributed by atoms with Crippen molar-refractivity contribution in [1.82, 2.24) is 5.32 Å². The van der Waals surface area contributed by atoms with Crippen molar-refractivity contribution >= 4 is 11.6 Å². The highest BCUT2D eigenvalue weighted by Gasteiger charge is 2.20. The van der Waals surface area contributed by atoms with E-state index in [2.05, 4.69) is 11.4 Å². The number of hydrogen-bond donors (Lipinski definition) is 1. The van der Waals surface area contributed by atoms with Crippen LogP contribution in [0.1, 0.15) is 24.8 Å². The van der Waals surface area contributed by atoms with Gasteiger partial charge in [-0.15, -0.1) is 0 Å². The molecule has 0 heterocycles. The SMILES string of the molecule is COCCNCc1ccc(OCCC2CC2)c(Cl)c1. The summed E-state index contributed by atoms with van der Waals surface area (Å²) in [5, 5.41) is 3.99. The molecule has 1 saturated carbocycles. The summed E-state index contributed by atoms with van der Waals surface area (Å²) >= 11 is 6.22. The Morgan fingerprint density at radius 2 is 2.16 bits per heavy atom. The maximum atomic E-state index is 6.22. The van der Waals surface area contributed by atoms with Crippen LogP contribution < -0.4 is 10.1 Å². The van der Waals surface area contributed by atoms with Gasteiger partial charge in [0.25, 0.3) is 0 Å². The first-order chi connectivity index (χ1) is 9.29. The predicted molar refractivity (Wildman–Crippen MR) is 77.9 cm³/mol. The van der Waals surface area contributed by atoms with Gasteiger partial charge in [-0.05, 0) is 30.0 Å². The van der Waals surface area contributed by atoms with Gasteiger partial charge < -0.3 is 14.8 Å². The number of methoxy groups -OCH3 is 1. The number of ether oxygens (including phenoxy) is 2. The minimum absolute atomic E-state index is 0.696. The van der Waals surface area contributed by atoms with Crippen LogP contribution in [0.4, 0.5) is 0 Å². The Balaban J connectivity index is 1.74. The zero-order valence-corrected chi connectivity index (χ0v) is 12.2. The second-order valence-electron chi connectivity index (χ2n) is 5.01. The van der Waals surface area contributed by atoms with Crippen LogP contribution in [0, 0.1) is 5.92 Å². The Hall–Kier alpha value is -0.770. The molecule has 106 valence electrons. The van der Waals surface area contributed by atoms with E-state index in [1.165, 1.54) is 12.8 Å². The molecule has 0 aliphatic heterocycles. The number of hydrogen-bond acceptors (Lipinski definition) is 3. The van der Waals surface area contributed by atoms with E-state index in [0.717, 1.165) is 50.0 Å². The Kier molecular flexibility index (Phi) is 5.95. The molecule has 1 aliphatic carbocycles. The maximum absolute atomic E-state index is 6.22. The molecule has 0 unspecified atom stereocenters. The molecule has 19 heavy (non-hydrogen) atoms. The molecule has 0 amide bonds. The Morgan fingerprint density at radius 1 is 1.32 bits per heavy atom. The third-order valence-corrected chi connectivity index (χ3v) is 3.58. The molecule has 1 N–H and O–H groups in total. The average molecular weight is 284 g/mol. The smallest absolute Gasteiger partial charge is 0.137 e.